The minimum atomic E-state index is -4.81. The Morgan fingerprint density at radius 2 is 1.82 bits per heavy atom. The van der Waals surface area contributed by atoms with Crippen molar-refractivity contribution >= 4 is 29.1 Å². The number of hydrogen-bond donors (Lipinski definition) is 1. The number of hydrogen-bond acceptors (Lipinski definition) is 5. The third kappa shape index (κ3) is 6.37. The Balaban J connectivity index is 1.51. The molecule has 1 heterocycles. The summed E-state index contributed by atoms with van der Waals surface area (Å²) in [6, 6.07) is 11.7. The molecule has 0 bridgehead atoms. The van der Waals surface area contributed by atoms with E-state index < -0.39 is 24.1 Å². The van der Waals surface area contributed by atoms with Crippen LogP contribution in [0.4, 0.5) is 24.5 Å². The van der Waals surface area contributed by atoms with Gasteiger partial charge in [-0.1, -0.05) is 12.1 Å². The maximum absolute atomic E-state index is 12.5. The zero-order valence-electron chi connectivity index (χ0n) is 17.9. The maximum Gasteiger partial charge on any atom is 0.573 e. The Morgan fingerprint density at radius 1 is 1.15 bits per heavy atom. The van der Waals surface area contributed by atoms with Crippen LogP contribution in [0.3, 0.4) is 0 Å². The molecule has 1 atom stereocenters. The average molecular weight is 465 g/mol. The molecule has 0 radical (unpaired) electrons. The third-order valence-electron chi connectivity index (χ3n) is 4.80. The van der Waals surface area contributed by atoms with Gasteiger partial charge < -0.3 is 24.6 Å². The summed E-state index contributed by atoms with van der Waals surface area (Å²) in [5.41, 5.74) is 0.826. The van der Waals surface area contributed by atoms with Gasteiger partial charge in [0.05, 0.1) is 12.2 Å². The Bertz CT molecular complexity index is 1030. The molecule has 2 aromatic rings. The van der Waals surface area contributed by atoms with Crippen molar-refractivity contribution in [3.8, 4) is 11.5 Å². The van der Waals surface area contributed by atoms with Crippen LogP contribution >= 0.6 is 0 Å². The molecule has 0 saturated carbocycles. The van der Waals surface area contributed by atoms with E-state index >= 15 is 0 Å². The fourth-order valence-corrected chi connectivity index (χ4v) is 3.23. The summed E-state index contributed by atoms with van der Waals surface area (Å²) < 4.78 is 46.0. The predicted octanol–water partition coefficient (Wildman–Crippen LogP) is 3.19. The first-order valence-corrected chi connectivity index (χ1v) is 10.00. The summed E-state index contributed by atoms with van der Waals surface area (Å²) in [7, 11) is 1.44. The van der Waals surface area contributed by atoms with Crippen molar-refractivity contribution in [3.63, 3.8) is 0 Å². The van der Waals surface area contributed by atoms with Crippen molar-refractivity contribution in [1.82, 2.24) is 4.90 Å². The fourth-order valence-electron chi connectivity index (χ4n) is 3.23. The quantitative estimate of drug-likeness (QED) is 0.679. The number of likely N-dealkylation sites (N-methyl/N-ethyl adjacent to an activating group) is 1. The number of rotatable bonds is 7. The lowest BCUT2D eigenvalue weighted by atomic mass is 10.1. The van der Waals surface area contributed by atoms with Crippen LogP contribution in [0.5, 0.6) is 11.5 Å². The topological polar surface area (TPSA) is 88.2 Å². The molecule has 1 unspecified atom stereocenters. The highest BCUT2D eigenvalue weighted by molar-refractivity contribution is 6.00. The fraction of sp³-hybridized carbons (Fsp3) is 0.318. The highest BCUT2D eigenvalue weighted by atomic mass is 19.4. The van der Waals surface area contributed by atoms with Crippen molar-refractivity contribution in [2.75, 3.05) is 30.4 Å². The van der Waals surface area contributed by atoms with Gasteiger partial charge in [0.1, 0.15) is 11.5 Å². The van der Waals surface area contributed by atoms with E-state index in [0.29, 0.717) is 11.4 Å². The Kier molecular flexibility index (Phi) is 7.10. The van der Waals surface area contributed by atoms with E-state index in [-0.39, 0.29) is 37.0 Å². The molecule has 1 N–H and O–H groups in total. The number of ether oxygens (including phenoxy) is 2. The molecule has 0 fully saturated rings. The second kappa shape index (κ2) is 9.80. The third-order valence-corrected chi connectivity index (χ3v) is 4.80. The van der Waals surface area contributed by atoms with E-state index in [1.54, 1.807) is 31.2 Å². The van der Waals surface area contributed by atoms with Crippen LogP contribution in [0, 0.1) is 0 Å². The van der Waals surface area contributed by atoms with E-state index in [0.717, 1.165) is 12.1 Å². The largest absolute Gasteiger partial charge is 0.573 e. The molecule has 2 aromatic carbocycles. The molecule has 1 aliphatic heterocycles. The van der Waals surface area contributed by atoms with Crippen molar-refractivity contribution < 1.29 is 37.0 Å². The van der Waals surface area contributed by atoms with Gasteiger partial charge in [-0.15, -0.1) is 13.2 Å². The molecule has 8 nitrogen and oxygen atoms in total. The summed E-state index contributed by atoms with van der Waals surface area (Å²) >= 11 is 0. The number of benzene rings is 2. The number of fused-ring (bicyclic) bond motifs is 1. The van der Waals surface area contributed by atoms with Gasteiger partial charge in [0.15, 0.2) is 6.10 Å². The van der Waals surface area contributed by atoms with Crippen molar-refractivity contribution in [2.24, 2.45) is 0 Å². The number of anilines is 2. The van der Waals surface area contributed by atoms with E-state index in [9.17, 15) is 27.6 Å². The highest BCUT2D eigenvalue weighted by Gasteiger charge is 2.32. The number of carbonyl (C=O) groups excluding carboxylic acids is 3. The molecule has 11 heteroatoms. The van der Waals surface area contributed by atoms with Gasteiger partial charge in [0.2, 0.25) is 11.8 Å². The first kappa shape index (κ1) is 23.9. The molecule has 3 amide bonds. The molecule has 3 rings (SSSR count). The van der Waals surface area contributed by atoms with Crippen LogP contribution in [0.25, 0.3) is 0 Å². The Hall–Kier alpha value is -3.76. The van der Waals surface area contributed by atoms with Crippen LogP contribution in [-0.4, -0.2) is 55.2 Å². The van der Waals surface area contributed by atoms with Crippen LogP contribution in [-0.2, 0) is 14.4 Å². The Morgan fingerprint density at radius 3 is 2.48 bits per heavy atom. The van der Waals surface area contributed by atoms with E-state index in [1.165, 1.54) is 29.0 Å². The number of nitrogens with one attached hydrogen (secondary N) is 1. The van der Waals surface area contributed by atoms with Crippen LogP contribution < -0.4 is 19.7 Å². The molecular formula is C22H22F3N3O5. The average Bonchev–Trinajstić information content (AvgIpc) is 2.74. The number of nitrogens with zero attached hydrogens (tertiary/aromatic N) is 2. The highest BCUT2D eigenvalue weighted by Crippen LogP contribution is 2.33. The van der Waals surface area contributed by atoms with Crippen LogP contribution in [0.2, 0.25) is 0 Å². The second-order valence-corrected chi connectivity index (χ2v) is 7.34. The van der Waals surface area contributed by atoms with Gasteiger partial charge in [-0.2, -0.15) is 0 Å². The number of alkyl halides is 3. The number of para-hydroxylation sites is 2. The normalized spacial score (nSPS) is 15.4. The summed E-state index contributed by atoms with van der Waals surface area (Å²) in [6.45, 7) is 1.48. The van der Waals surface area contributed by atoms with Crippen molar-refractivity contribution in [3.05, 3.63) is 48.5 Å². The second-order valence-electron chi connectivity index (χ2n) is 7.34. The smallest absolute Gasteiger partial charge is 0.479 e. The molecule has 1 aliphatic rings. The standard InChI is InChI=1S/C22H22F3N3O5/c1-14-21(31)28(17-5-3-4-6-18(17)32-14)12-11-20(30)27(2)13-19(29)26-15-7-9-16(10-8-15)33-22(23,24)25/h3-10,14H,11-13H2,1-2H3,(H,26,29). The molecule has 0 spiro atoms. The molecule has 0 aliphatic carbocycles. The predicted molar refractivity (Wildman–Crippen MR) is 113 cm³/mol. The number of carbonyl (C=O) groups is 3. The first-order chi connectivity index (χ1) is 15.5. The van der Waals surface area contributed by atoms with Crippen molar-refractivity contribution in [1.29, 1.82) is 0 Å². The summed E-state index contributed by atoms with van der Waals surface area (Å²) in [6.07, 6.45) is -5.49. The molecule has 0 saturated heterocycles. The van der Waals surface area contributed by atoms with E-state index in [4.69, 9.17) is 4.74 Å². The zero-order valence-corrected chi connectivity index (χ0v) is 17.9. The SMILES string of the molecule is CC1Oc2ccccc2N(CCC(=O)N(C)CC(=O)Nc2ccc(OC(F)(F)F)cc2)C1=O. The number of halogens is 3. The Labute approximate surface area is 187 Å². The van der Waals surface area contributed by atoms with Gasteiger partial charge in [-0.25, -0.2) is 0 Å². The molecule has 33 heavy (non-hydrogen) atoms. The van der Waals surface area contributed by atoms with Crippen LogP contribution in [0.1, 0.15) is 13.3 Å². The monoisotopic (exact) mass is 465 g/mol. The number of amides is 3. The molecule has 176 valence electrons. The van der Waals surface area contributed by atoms with Gasteiger partial charge in [0, 0.05) is 25.7 Å². The minimum absolute atomic E-state index is 0.0138. The summed E-state index contributed by atoms with van der Waals surface area (Å²) in [4.78, 5) is 39.9. The van der Waals surface area contributed by atoms with Gasteiger partial charge in [0.25, 0.3) is 5.91 Å². The van der Waals surface area contributed by atoms with E-state index in [1.807, 2.05) is 0 Å². The van der Waals surface area contributed by atoms with Crippen LogP contribution in [0.15, 0.2) is 48.5 Å². The first-order valence-electron chi connectivity index (χ1n) is 10.00. The zero-order chi connectivity index (χ0) is 24.2. The summed E-state index contributed by atoms with van der Waals surface area (Å²) in [5.74, 6) is -1.02. The van der Waals surface area contributed by atoms with E-state index in [2.05, 4.69) is 10.1 Å². The maximum atomic E-state index is 12.5. The summed E-state index contributed by atoms with van der Waals surface area (Å²) in [5, 5.41) is 2.50. The lowest BCUT2D eigenvalue weighted by Crippen LogP contribution is -2.46. The molecular weight excluding hydrogens is 443 g/mol. The lowest BCUT2D eigenvalue weighted by Gasteiger charge is -2.33. The molecule has 0 aromatic heterocycles. The van der Waals surface area contributed by atoms with Crippen molar-refractivity contribution in [2.45, 2.75) is 25.8 Å². The van der Waals surface area contributed by atoms with Gasteiger partial charge >= 0.3 is 6.36 Å². The minimum Gasteiger partial charge on any atom is -0.479 e. The van der Waals surface area contributed by atoms with Gasteiger partial charge in [-0.05, 0) is 43.3 Å². The van der Waals surface area contributed by atoms with Gasteiger partial charge in [-0.3, -0.25) is 14.4 Å². The lowest BCUT2D eigenvalue weighted by molar-refractivity contribution is -0.274.